The molecule has 1 aromatic carbocycles. The second kappa shape index (κ2) is 8.05. The van der Waals surface area contributed by atoms with Crippen molar-refractivity contribution in [2.24, 2.45) is 0 Å². The highest BCUT2D eigenvalue weighted by atomic mass is 32.1. The molecule has 3 nitrogen and oxygen atoms in total. The number of aryl methyl sites for hydroxylation is 1. The number of benzene rings is 1. The molecule has 4 heteroatoms. The number of aliphatic hydroxyl groups is 1. The third-order valence-electron chi connectivity index (χ3n) is 3.19. The van der Waals surface area contributed by atoms with E-state index in [-0.39, 0.29) is 0 Å². The molecule has 21 heavy (non-hydrogen) atoms. The lowest BCUT2D eigenvalue weighted by molar-refractivity contribution is 0.171. The first kappa shape index (κ1) is 15.9. The lowest BCUT2D eigenvalue weighted by atomic mass is 10.1. The zero-order valence-corrected chi connectivity index (χ0v) is 13.4. The van der Waals surface area contributed by atoms with Crippen molar-refractivity contribution < 1.29 is 14.6 Å². The molecule has 1 atom stereocenters. The van der Waals surface area contributed by atoms with Gasteiger partial charge in [0.15, 0.2) is 11.5 Å². The third kappa shape index (κ3) is 4.48. The fourth-order valence-electron chi connectivity index (χ4n) is 2.18. The van der Waals surface area contributed by atoms with Gasteiger partial charge in [-0.3, -0.25) is 0 Å². The van der Waals surface area contributed by atoms with Gasteiger partial charge in [-0.25, -0.2) is 0 Å². The van der Waals surface area contributed by atoms with Gasteiger partial charge in [0.2, 0.25) is 0 Å². The molecule has 0 saturated heterocycles. The lowest BCUT2D eigenvalue weighted by Gasteiger charge is -2.13. The molecule has 2 rings (SSSR count). The van der Waals surface area contributed by atoms with Crippen LogP contribution in [0.15, 0.2) is 35.7 Å². The number of thiophene rings is 1. The first-order valence-electron chi connectivity index (χ1n) is 7.34. The van der Waals surface area contributed by atoms with E-state index < -0.39 is 6.10 Å². The van der Waals surface area contributed by atoms with Crippen molar-refractivity contribution in [1.82, 2.24) is 0 Å². The maximum Gasteiger partial charge on any atom is 0.161 e. The zero-order chi connectivity index (χ0) is 15.1. The summed E-state index contributed by atoms with van der Waals surface area (Å²) >= 11 is 1.59. The van der Waals surface area contributed by atoms with Crippen LogP contribution < -0.4 is 9.47 Å². The van der Waals surface area contributed by atoms with Crippen molar-refractivity contribution in [3.8, 4) is 11.5 Å². The Balaban J connectivity index is 2.01. The summed E-state index contributed by atoms with van der Waals surface area (Å²) in [7, 11) is 0. The van der Waals surface area contributed by atoms with Gasteiger partial charge in [-0.15, -0.1) is 11.3 Å². The minimum atomic E-state index is -0.396. The van der Waals surface area contributed by atoms with E-state index in [0.717, 1.165) is 28.4 Å². The molecule has 0 amide bonds. The molecule has 0 aliphatic rings. The Morgan fingerprint density at radius 2 is 1.86 bits per heavy atom. The van der Waals surface area contributed by atoms with Gasteiger partial charge in [0, 0.05) is 4.88 Å². The van der Waals surface area contributed by atoms with Gasteiger partial charge < -0.3 is 14.6 Å². The number of ether oxygens (including phenoxy) is 2. The summed E-state index contributed by atoms with van der Waals surface area (Å²) in [4.78, 5) is 1.02. The van der Waals surface area contributed by atoms with E-state index in [1.807, 2.05) is 49.6 Å². The molecule has 0 saturated carbocycles. The summed E-state index contributed by atoms with van der Waals surface area (Å²) in [5, 5.41) is 12.1. The topological polar surface area (TPSA) is 38.7 Å². The van der Waals surface area contributed by atoms with Crippen molar-refractivity contribution in [3.63, 3.8) is 0 Å². The Morgan fingerprint density at radius 3 is 2.52 bits per heavy atom. The van der Waals surface area contributed by atoms with Crippen molar-refractivity contribution in [1.29, 1.82) is 0 Å². The lowest BCUT2D eigenvalue weighted by Crippen LogP contribution is -2.01. The van der Waals surface area contributed by atoms with Gasteiger partial charge in [0.05, 0.1) is 19.3 Å². The van der Waals surface area contributed by atoms with Crippen LogP contribution in [-0.4, -0.2) is 18.3 Å². The van der Waals surface area contributed by atoms with Gasteiger partial charge >= 0.3 is 0 Å². The molecule has 1 N–H and O–H groups in total. The molecule has 114 valence electrons. The van der Waals surface area contributed by atoms with Crippen molar-refractivity contribution >= 4 is 11.3 Å². The first-order valence-corrected chi connectivity index (χ1v) is 8.22. The molecular weight excluding hydrogens is 284 g/mol. The van der Waals surface area contributed by atoms with Crippen molar-refractivity contribution in [3.05, 3.63) is 46.2 Å². The van der Waals surface area contributed by atoms with Crippen LogP contribution in [0.25, 0.3) is 0 Å². The quantitative estimate of drug-likeness (QED) is 0.794. The minimum Gasteiger partial charge on any atom is -0.490 e. The predicted octanol–water partition coefficient (Wildman–Crippen LogP) is 4.21. The SMILES string of the molecule is CCOc1ccc(CCC(O)c2cccs2)cc1OCC. The third-order valence-corrected chi connectivity index (χ3v) is 4.16. The molecule has 0 aliphatic carbocycles. The van der Waals surface area contributed by atoms with E-state index in [2.05, 4.69) is 0 Å². The second-order valence-electron chi connectivity index (χ2n) is 4.72. The normalized spacial score (nSPS) is 12.1. The molecule has 0 spiro atoms. The van der Waals surface area contributed by atoms with E-state index in [9.17, 15) is 5.11 Å². The van der Waals surface area contributed by atoms with E-state index in [4.69, 9.17) is 9.47 Å². The smallest absolute Gasteiger partial charge is 0.161 e. The fourth-order valence-corrected chi connectivity index (χ4v) is 2.92. The fraction of sp³-hybridized carbons (Fsp3) is 0.412. The van der Waals surface area contributed by atoms with Crippen LogP contribution in [0.1, 0.15) is 36.8 Å². The average molecular weight is 306 g/mol. The highest BCUT2D eigenvalue weighted by Gasteiger charge is 2.10. The molecule has 1 unspecified atom stereocenters. The number of rotatable bonds is 8. The van der Waals surface area contributed by atoms with Crippen LogP contribution in [-0.2, 0) is 6.42 Å². The standard InChI is InChI=1S/C17H22O3S/c1-3-19-15-10-8-13(12-16(15)20-4-2)7-9-14(18)17-6-5-11-21-17/h5-6,8,10-12,14,18H,3-4,7,9H2,1-2H3. The minimum absolute atomic E-state index is 0.396. The summed E-state index contributed by atoms with van der Waals surface area (Å²) in [6, 6.07) is 9.93. The Morgan fingerprint density at radius 1 is 1.10 bits per heavy atom. The number of aliphatic hydroxyl groups excluding tert-OH is 1. The monoisotopic (exact) mass is 306 g/mol. The van der Waals surface area contributed by atoms with E-state index in [1.165, 1.54) is 0 Å². The molecule has 0 aliphatic heterocycles. The van der Waals surface area contributed by atoms with Crippen LogP contribution in [0.2, 0.25) is 0 Å². The molecule has 0 fully saturated rings. The molecule has 1 heterocycles. The van der Waals surface area contributed by atoms with E-state index >= 15 is 0 Å². The Hall–Kier alpha value is -1.52. The van der Waals surface area contributed by atoms with Crippen LogP contribution in [0, 0.1) is 0 Å². The Bertz CT molecular complexity index is 537. The maximum absolute atomic E-state index is 10.1. The highest BCUT2D eigenvalue weighted by Crippen LogP contribution is 2.30. The number of hydrogen-bond donors (Lipinski definition) is 1. The number of hydrogen-bond acceptors (Lipinski definition) is 4. The maximum atomic E-state index is 10.1. The molecule has 2 aromatic rings. The largest absolute Gasteiger partial charge is 0.490 e. The van der Waals surface area contributed by atoms with Gasteiger partial charge in [0.1, 0.15) is 0 Å². The summed E-state index contributed by atoms with van der Waals surface area (Å²) in [5.74, 6) is 1.56. The summed E-state index contributed by atoms with van der Waals surface area (Å²) in [6.07, 6.45) is 1.12. The van der Waals surface area contributed by atoms with E-state index in [0.29, 0.717) is 19.6 Å². The van der Waals surface area contributed by atoms with Crippen LogP contribution in [0.5, 0.6) is 11.5 Å². The Labute approximate surface area is 130 Å². The van der Waals surface area contributed by atoms with Gasteiger partial charge in [-0.2, -0.15) is 0 Å². The van der Waals surface area contributed by atoms with Crippen LogP contribution >= 0.6 is 11.3 Å². The van der Waals surface area contributed by atoms with Gasteiger partial charge in [-0.1, -0.05) is 12.1 Å². The average Bonchev–Trinajstić information content (AvgIpc) is 3.02. The van der Waals surface area contributed by atoms with Crippen LogP contribution in [0.4, 0.5) is 0 Å². The Kier molecular flexibility index (Phi) is 6.08. The van der Waals surface area contributed by atoms with E-state index in [1.54, 1.807) is 11.3 Å². The van der Waals surface area contributed by atoms with Gasteiger partial charge in [0.25, 0.3) is 0 Å². The van der Waals surface area contributed by atoms with Crippen LogP contribution in [0.3, 0.4) is 0 Å². The van der Waals surface area contributed by atoms with Crippen molar-refractivity contribution in [2.75, 3.05) is 13.2 Å². The molecule has 1 aromatic heterocycles. The summed E-state index contributed by atoms with van der Waals surface area (Å²) < 4.78 is 11.2. The van der Waals surface area contributed by atoms with Crippen molar-refractivity contribution in [2.45, 2.75) is 32.8 Å². The molecule has 0 radical (unpaired) electrons. The zero-order valence-electron chi connectivity index (χ0n) is 12.5. The predicted molar refractivity (Wildman–Crippen MR) is 86.4 cm³/mol. The molecular formula is C17H22O3S. The first-order chi connectivity index (χ1) is 10.2. The second-order valence-corrected chi connectivity index (χ2v) is 5.70. The van der Waals surface area contributed by atoms with Gasteiger partial charge in [-0.05, 0) is 55.8 Å². The highest BCUT2D eigenvalue weighted by molar-refractivity contribution is 7.10. The molecule has 0 bridgehead atoms. The summed E-state index contributed by atoms with van der Waals surface area (Å²) in [5.41, 5.74) is 1.15. The summed E-state index contributed by atoms with van der Waals surface area (Å²) in [6.45, 7) is 5.15.